The van der Waals surface area contributed by atoms with Gasteiger partial charge in [0.15, 0.2) is 0 Å². The van der Waals surface area contributed by atoms with Crippen molar-refractivity contribution in [1.29, 1.82) is 0 Å². The SMILES string of the molecule is CCOC12NC(=O)N(C)C(=O)C1(OCC)N(C)C(=O)N2. The molecule has 2 fully saturated rings. The molecule has 2 saturated heterocycles. The molecule has 5 amide bonds. The molecule has 0 saturated carbocycles. The smallest absolute Gasteiger partial charge is 0.327 e. The molecule has 2 heterocycles. The standard InChI is InChI=1S/C11H18N4O5/c1-5-19-10-7(16)14(3)8(17)12-11(10,20-6-2)13-9(18)15(10)4/h5-6H2,1-4H3,(H,12,17)(H,13,18). The van der Waals surface area contributed by atoms with Crippen LogP contribution >= 0.6 is 0 Å². The summed E-state index contributed by atoms with van der Waals surface area (Å²) in [7, 11) is 2.72. The van der Waals surface area contributed by atoms with E-state index in [9.17, 15) is 14.4 Å². The molecule has 2 N–H and O–H groups in total. The van der Waals surface area contributed by atoms with Crippen LogP contribution in [0.5, 0.6) is 0 Å². The number of carbonyl (C=O) groups excluding carboxylic acids is 3. The number of imide groups is 1. The summed E-state index contributed by atoms with van der Waals surface area (Å²) in [4.78, 5) is 38.4. The van der Waals surface area contributed by atoms with E-state index in [0.29, 0.717) is 0 Å². The summed E-state index contributed by atoms with van der Waals surface area (Å²) >= 11 is 0. The minimum absolute atomic E-state index is 0.156. The molecule has 0 spiro atoms. The molecule has 0 radical (unpaired) electrons. The van der Waals surface area contributed by atoms with E-state index in [1.165, 1.54) is 14.1 Å². The van der Waals surface area contributed by atoms with E-state index < -0.39 is 29.5 Å². The summed E-state index contributed by atoms with van der Waals surface area (Å²) in [5.74, 6) is -2.40. The van der Waals surface area contributed by atoms with Crippen molar-refractivity contribution in [3.63, 3.8) is 0 Å². The number of likely N-dealkylation sites (N-methyl/N-ethyl adjacent to an activating group) is 2. The fraction of sp³-hybridized carbons (Fsp3) is 0.727. The molecule has 2 rings (SSSR count). The fourth-order valence-electron chi connectivity index (χ4n) is 2.52. The first-order valence-electron chi connectivity index (χ1n) is 6.30. The van der Waals surface area contributed by atoms with E-state index in [1.54, 1.807) is 13.8 Å². The van der Waals surface area contributed by atoms with E-state index in [0.717, 1.165) is 9.80 Å². The van der Waals surface area contributed by atoms with Crippen molar-refractivity contribution in [3.05, 3.63) is 0 Å². The van der Waals surface area contributed by atoms with Gasteiger partial charge in [-0.3, -0.25) is 25.2 Å². The maximum atomic E-state index is 12.6. The second-order valence-electron chi connectivity index (χ2n) is 4.47. The number of hydrogen-bond donors (Lipinski definition) is 2. The van der Waals surface area contributed by atoms with Gasteiger partial charge in [0.25, 0.3) is 17.5 Å². The Bertz CT molecular complexity index is 470. The van der Waals surface area contributed by atoms with E-state index in [-0.39, 0.29) is 13.2 Å². The molecule has 2 aliphatic heterocycles. The number of urea groups is 2. The second-order valence-corrected chi connectivity index (χ2v) is 4.47. The van der Waals surface area contributed by atoms with E-state index in [4.69, 9.17) is 9.47 Å². The minimum Gasteiger partial charge on any atom is -0.342 e. The second kappa shape index (κ2) is 4.60. The maximum Gasteiger partial charge on any atom is 0.327 e. The Kier molecular flexibility index (Phi) is 3.34. The van der Waals surface area contributed by atoms with Gasteiger partial charge in [-0.25, -0.2) is 9.59 Å². The predicted molar refractivity (Wildman–Crippen MR) is 66.3 cm³/mol. The molecule has 2 atom stereocenters. The van der Waals surface area contributed by atoms with Gasteiger partial charge in [-0.2, -0.15) is 0 Å². The van der Waals surface area contributed by atoms with Crippen molar-refractivity contribution in [1.82, 2.24) is 20.4 Å². The highest BCUT2D eigenvalue weighted by molar-refractivity contribution is 6.06. The van der Waals surface area contributed by atoms with Gasteiger partial charge < -0.3 is 9.47 Å². The first-order chi connectivity index (χ1) is 9.36. The van der Waals surface area contributed by atoms with Crippen LogP contribution in [0.2, 0.25) is 0 Å². The summed E-state index contributed by atoms with van der Waals surface area (Å²) in [5.41, 5.74) is -1.77. The number of carbonyl (C=O) groups is 3. The average molecular weight is 286 g/mol. The number of ether oxygens (including phenoxy) is 2. The van der Waals surface area contributed by atoms with Gasteiger partial charge in [0.1, 0.15) is 0 Å². The minimum atomic E-state index is -1.77. The third-order valence-corrected chi connectivity index (χ3v) is 3.43. The first-order valence-corrected chi connectivity index (χ1v) is 6.30. The molecule has 0 aromatic carbocycles. The van der Waals surface area contributed by atoms with Crippen molar-refractivity contribution in [3.8, 4) is 0 Å². The van der Waals surface area contributed by atoms with Gasteiger partial charge >= 0.3 is 12.1 Å². The Morgan fingerprint density at radius 3 is 2.10 bits per heavy atom. The zero-order valence-corrected chi connectivity index (χ0v) is 11.8. The van der Waals surface area contributed by atoms with E-state index >= 15 is 0 Å². The quantitative estimate of drug-likeness (QED) is 0.708. The average Bonchev–Trinajstić information content (AvgIpc) is 2.59. The summed E-state index contributed by atoms with van der Waals surface area (Å²) in [6, 6.07) is -1.25. The molecule has 9 heteroatoms. The lowest BCUT2D eigenvalue weighted by Crippen LogP contribution is -2.81. The summed E-state index contributed by atoms with van der Waals surface area (Å²) < 4.78 is 11.1. The molecule has 0 aromatic heterocycles. The van der Waals surface area contributed by atoms with Crippen LogP contribution in [0.15, 0.2) is 0 Å². The van der Waals surface area contributed by atoms with Crippen LogP contribution < -0.4 is 10.6 Å². The maximum absolute atomic E-state index is 12.6. The highest BCUT2D eigenvalue weighted by atomic mass is 16.6. The highest BCUT2D eigenvalue weighted by Crippen LogP contribution is 2.38. The van der Waals surface area contributed by atoms with Gasteiger partial charge in [-0.1, -0.05) is 0 Å². The lowest BCUT2D eigenvalue weighted by atomic mass is 10.0. The third-order valence-electron chi connectivity index (χ3n) is 3.43. The van der Waals surface area contributed by atoms with Crippen LogP contribution in [0.3, 0.4) is 0 Å². The molecule has 112 valence electrons. The van der Waals surface area contributed by atoms with Crippen molar-refractivity contribution >= 4 is 18.0 Å². The van der Waals surface area contributed by atoms with Crippen LogP contribution in [0, 0.1) is 0 Å². The summed E-state index contributed by atoms with van der Waals surface area (Å²) in [6.07, 6.45) is 0. The van der Waals surface area contributed by atoms with E-state index in [1.807, 2.05) is 0 Å². The number of fused-ring (bicyclic) bond motifs is 1. The van der Waals surface area contributed by atoms with Crippen molar-refractivity contribution < 1.29 is 23.9 Å². The largest absolute Gasteiger partial charge is 0.342 e. The first kappa shape index (κ1) is 14.5. The van der Waals surface area contributed by atoms with Crippen molar-refractivity contribution in [2.45, 2.75) is 25.4 Å². The molecular weight excluding hydrogens is 268 g/mol. The molecular formula is C11H18N4O5. The molecule has 0 aromatic rings. The lowest BCUT2D eigenvalue weighted by molar-refractivity contribution is -0.252. The Morgan fingerprint density at radius 1 is 1.00 bits per heavy atom. The van der Waals surface area contributed by atoms with Crippen LogP contribution in [0.1, 0.15) is 13.8 Å². The summed E-state index contributed by atoms with van der Waals surface area (Å²) in [5, 5.41) is 4.99. The Labute approximate surface area is 116 Å². The Balaban J connectivity index is 2.61. The van der Waals surface area contributed by atoms with Gasteiger partial charge in [0.05, 0.1) is 0 Å². The lowest BCUT2D eigenvalue weighted by Gasteiger charge is -2.48. The number of nitrogens with one attached hydrogen (secondary N) is 2. The zero-order valence-electron chi connectivity index (χ0n) is 11.8. The molecule has 20 heavy (non-hydrogen) atoms. The Hall–Kier alpha value is -1.87. The van der Waals surface area contributed by atoms with Crippen LogP contribution in [0.4, 0.5) is 9.59 Å². The van der Waals surface area contributed by atoms with Crippen LogP contribution in [-0.4, -0.2) is 66.7 Å². The zero-order chi connectivity index (χ0) is 15.1. The monoisotopic (exact) mass is 286 g/mol. The normalized spacial score (nSPS) is 33.1. The fourth-order valence-corrected chi connectivity index (χ4v) is 2.52. The molecule has 0 bridgehead atoms. The third kappa shape index (κ3) is 1.53. The van der Waals surface area contributed by atoms with Crippen LogP contribution in [-0.2, 0) is 14.3 Å². The number of amides is 5. The van der Waals surface area contributed by atoms with Crippen LogP contribution in [0.25, 0.3) is 0 Å². The summed E-state index contributed by atoms with van der Waals surface area (Å²) in [6.45, 7) is 3.69. The van der Waals surface area contributed by atoms with Crippen molar-refractivity contribution in [2.75, 3.05) is 27.3 Å². The van der Waals surface area contributed by atoms with Gasteiger partial charge in [0, 0.05) is 27.3 Å². The Morgan fingerprint density at radius 2 is 1.55 bits per heavy atom. The van der Waals surface area contributed by atoms with E-state index in [2.05, 4.69) is 10.6 Å². The molecule has 2 unspecified atom stereocenters. The topological polar surface area (TPSA) is 100 Å². The highest BCUT2D eigenvalue weighted by Gasteiger charge is 2.74. The van der Waals surface area contributed by atoms with Gasteiger partial charge in [-0.15, -0.1) is 0 Å². The van der Waals surface area contributed by atoms with Gasteiger partial charge in [-0.05, 0) is 13.8 Å². The molecule has 2 aliphatic rings. The van der Waals surface area contributed by atoms with Crippen molar-refractivity contribution in [2.24, 2.45) is 0 Å². The number of hydrogen-bond acceptors (Lipinski definition) is 5. The van der Waals surface area contributed by atoms with Gasteiger partial charge in [0.2, 0.25) is 0 Å². The predicted octanol–water partition coefficient (Wildman–Crippen LogP) is -0.754. The molecule has 9 nitrogen and oxygen atoms in total. The molecule has 0 aliphatic carbocycles. The number of nitrogens with zero attached hydrogens (tertiary/aromatic N) is 2. The number of rotatable bonds is 4.